The first-order chi connectivity index (χ1) is 8.56. The van der Waals surface area contributed by atoms with Crippen LogP contribution in [0.2, 0.25) is 0 Å². The van der Waals surface area contributed by atoms with Gasteiger partial charge in [0.25, 0.3) is 0 Å². The standard InChI is InChI=1S/C15H29N3/c1-6-8-9-14(16-12(3)4)11-15-10-13(5)17-18(15)7-2/h10,12,14,16H,6-9,11H2,1-5H3. The van der Waals surface area contributed by atoms with Crippen LogP contribution in [-0.2, 0) is 13.0 Å². The fourth-order valence-electron chi connectivity index (χ4n) is 2.46. The number of hydrogen-bond donors (Lipinski definition) is 1. The molecule has 1 N–H and O–H groups in total. The molecular weight excluding hydrogens is 222 g/mol. The molecule has 0 aliphatic heterocycles. The molecule has 0 aliphatic rings. The van der Waals surface area contributed by atoms with Crippen molar-refractivity contribution < 1.29 is 0 Å². The molecule has 1 atom stereocenters. The van der Waals surface area contributed by atoms with Gasteiger partial charge < -0.3 is 5.32 Å². The molecule has 0 bridgehead atoms. The van der Waals surface area contributed by atoms with Gasteiger partial charge in [-0.1, -0.05) is 33.6 Å². The predicted octanol–water partition coefficient (Wildman–Crippen LogP) is 3.31. The highest BCUT2D eigenvalue weighted by Gasteiger charge is 2.13. The Morgan fingerprint density at radius 1 is 1.33 bits per heavy atom. The Labute approximate surface area is 112 Å². The largest absolute Gasteiger partial charge is 0.311 e. The summed E-state index contributed by atoms with van der Waals surface area (Å²) in [5.74, 6) is 0. The van der Waals surface area contributed by atoms with E-state index in [0.717, 1.165) is 18.7 Å². The average Bonchev–Trinajstić information content (AvgIpc) is 2.65. The van der Waals surface area contributed by atoms with Crippen molar-refractivity contribution in [2.24, 2.45) is 0 Å². The molecule has 3 heteroatoms. The first kappa shape index (κ1) is 15.2. The zero-order valence-corrected chi connectivity index (χ0v) is 12.7. The van der Waals surface area contributed by atoms with Crippen molar-refractivity contribution in [2.45, 2.75) is 78.9 Å². The molecule has 0 aromatic carbocycles. The number of aromatic nitrogens is 2. The summed E-state index contributed by atoms with van der Waals surface area (Å²) in [4.78, 5) is 0. The quantitative estimate of drug-likeness (QED) is 0.768. The van der Waals surface area contributed by atoms with Crippen LogP contribution in [0.15, 0.2) is 6.07 Å². The van der Waals surface area contributed by atoms with Crippen LogP contribution in [0.5, 0.6) is 0 Å². The Bertz CT molecular complexity index is 342. The Balaban J connectivity index is 2.68. The van der Waals surface area contributed by atoms with Gasteiger partial charge in [0.2, 0.25) is 0 Å². The molecule has 1 aromatic heterocycles. The second kappa shape index (κ2) is 7.57. The minimum absolute atomic E-state index is 0.547. The molecule has 0 saturated carbocycles. The molecule has 1 rings (SSSR count). The minimum atomic E-state index is 0.547. The van der Waals surface area contributed by atoms with Crippen LogP contribution in [0.25, 0.3) is 0 Å². The van der Waals surface area contributed by atoms with E-state index < -0.39 is 0 Å². The first-order valence-corrected chi connectivity index (χ1v) is 7.36. The van der Waals surface area contributed by atoms with E-state index >= 15 is 0 Å². The summed E-state index contributed by atoms with van der Waals surface area (Å²) in [7, 11) is 0. The Morgan fingerprint density at radius 3 is 2.61 bits per heavy atom. The molecule has 104 valence electrons. The van der Waals surface area contributed by atoms with E-state index in [9.17, 15) is 0 Å². The SMILES string of the molecule is CCCCC(Cc1cc(C)nn1CC)NC(C)C. The highest BCUT2D eigenvalue weighted by molar-refractivity contribution is 5.10. The lowest BCUT2D eigenvalue weighted by Gasteiger charge is -2.21. The first-order valence-electron chi connectivity index (χ1n) is 7.36. The van der Waals surface area contributed by atoms with Crippen LogP contribution >= 0.6 is 0 Å². The lowest BCUT2D eigenvalue weighted by atomic mass is 10.0. The topological polar surface area (TPSA) is 29.9 Å². The van der Waals surface area contributed by atoms with E-state index in [-0.39, 0.29) is 0 Å². The summed E-state index contributed by atoms with van der Waals surface area (Å²) < 4.78 is 2.14. The van der Waals surface area contributed by atoms with Crippen LogP contribution in [0.3, 0.4) is 0 Å². The van der Waals surface area contributed by atoms with Crippen molar-refractivity contribution in [1.82, 2.24) is 15.1 Å². The van der Waals surface area contributed by atoms with Gasteiger partial charge >= 0.3 is 0 Å². The van der Waals surface area contributed by atoms with E-state index in [0.29, 0.717) is 12.1 Å². The highest BCUT2D eigenvalue weighted by Crippen LogP contribution is 2.11. The maximum Gasteiger partial charge on any atom is 0.0596 e. The molecule has 0 fully saturated rings. The molecular formula is C15H29N3. The van der Waals surface area contributed by atoms with E-state index in [1.54, 1.807) is 0 Å². The summed E-state index contributed by atoms with van der Waals surface area (Å²) in [5.41, 5.74) is 2.50. The molecule has 1 heterocycles. The van der Waals surface area contributed by atoms with Gasteiger partial charge in [-0.25, -0.2) is 0 Å². The molecule has 0 saturated heterocycles. The number of hydrogen-bond acceptors (Lipinski definition) is 2. The monoisotopic (exact) mass is 251 g/mol. The molecule has 0 amide bonds. The summed E-state index contributed by atoms with van der Waals surface area (Å²) in [6, 6.07) is 3.35. The molecule has 0 radical (unpaired) electrons. The third-order valence-corrected chi connectivity index (χ3v) is 3.22. The lowest BCUT2D eigenvalue weighted by Crippen LogP contribution is -2.36. The minimum Gasteiger partial charge on any atom is -0.311 e. The molecule has 1 unspecified atom stereocenters. The fraction of sp³-hybridized carbons (Fsp3) is 0.800. The van der Waals surface area contributed by atoms with Gasteiger partial charge in [-0.15, -0.1) is 0 Å². The van der Waals surface area contributed by atoms with Gasteiger partial charge in [0, 0.05) is 30.7 Å². The van der Waals surface area contributed by atoms with Crippen molar-refractivity contribution in [3.05, 3.63) is 17.5 Å². The molecule has 1 aromatic rings. The van der Waals surface area contributed by atoms with Crippen molar-refractivity contribution >= 4 is 0 Å². The normalized spacial score (nSPS) is 13.2. The van der Waals surface area contributed by atoms with Gasteiger partial charge in [-0.05, 0) is 26.3 Å². The van der Waals surface area contributed by atoms with Crippen molar-refractivity contribution in [2.75, 3.05) is 0 Å². The van der Waals surface area contributed by atoms with Crippen LogP contribution in [0, 0.1) is 6.92 Å². The zero-order valence-electron chi connectivity index (χ0n) is 12.7. The Hall–Kier alpha value is -0.830. The highest BCUT2D eigenvalue weighted by atomic mass is 15.3. The lowest BCUT2D eigenvalue weighted by molar-refractivity contribution is 0.414. The number of unbranched alkanes of at least 4 members (excludes halogenated alkanes) is 1. The van der Waals surface area contributed by atoms with E-state index in [1.165, 1.54) is 25.0 Å². The molecule has 18 heavy (non-hydrogen) atoms. The average molecular weight is 251 g/mol. The van der Waals surface area contributed by atoms with Crippen LogP contribution in [-0.4, -0.2) is 21.9 Å². The second-order valence-electron chi connectivity index (χ2n) is 5.46. The summed E-state index contributed by atoms with van der Waals surface area (Å²) >= 11 is 0. The third kappa shape index (κ3) is 4.81. The second-order valence-corrected chi connectivity index (χ2v) is 5.46. The van der Waals surface area contributed by atoms with Gasteiger partial charge in [0.05, 0.1) is 5.69 Å². The molecule has 0 aliphatic carbocycles. The molecule has 0 spiro atoms. The predicted molar refractivity (Wildman–Crippen MR) is 77.9 cm³/mol. The van der Waals surface area contributed by atoms with Crippen LogP contribution in [0.4, 0.5) is 0 Å². The summed E-state index contributed by atoms with van der Waals surface area (Å²) in [6.45, 7) is 11.9. The van der Waals surface area contributed by atoms with Crippen LogP contribution in [0.1, 0.15) is 58.3 Å². The maximum atomic E-state index is 4.53. The number of rotatable bonds is 8. The zero-order chi connectivity index (χ0) is 13.5. The fourth-order valence-corrected chi connectivity index (χ4v) is 2.46. The van der Waals surface area contributed by atoms with Gasteiger partial charge in [0.15, 0.2) is 0 Å². The third-order valence-electron chi connectivity index (χ3n) is 3.22. The van der Waals surface area contributed by atoms with Gasteiger partial charge in [-0.3, -0.25) is 4.68 Å². The summed E-state index contributed by atoms with van der Waals surface area (Å²) in [5, 5.41) is 8.21. The van der Waals surface area contributed by atoms with Crippen molar-refractivity contribution in [1.29, 1.82) is 0 Å². The number of nitrogens with one attached hydrogen (secondary N) is 1. The van der Waals surface area contributed by atoms with Gasteiger partial charge in [0.1, 0.15) is 0 Å². The van der Waals surface area contributed by atoms with E-state index in [2.05, 4.69) is 55.8 Å². The smallest absolute Gasteiger partial charge is 0.0596 e. The molecule has 3 nitrogen and oxygen atoms in total. The van der Waals surface area contributed by atoms with Gasteiger partial charge in [-0.2, -0.15) is 5.10 Å². The maximum absolute atomic E-state index is 4.53. The van der Waals surface area contributed by atoms with E-state index in [1.807, 2.05) is 0 Å². The Morgan fingerprint density at radius 2 is 2.06 bits per heavy atom. The van der Waals surface area contributed by atoms with Crippen molar-refractivity contribution in [3.8, 4) is 0 Å². The van der Waals surface area contributed by atoms with Crippen molar-refractivity contribution in [3.63, 3.8) is 0 Å². The number of nitrogens with zero attached hydrogens (tertiary/aromatic N) is 2. The van der Waals surface area contributed by atoms with E-state index in [4.69, 9.17) is 0 Å². The summed E-state index contributed by atoms with van der Waals surface area (Å²) in [6.07, 6.45) is 4.90. The number of aryl methyl sites for hydroxylation is 2. The van der Waals surface area contributed by atoms with Crippen LogP contribution < -0.4 is 5.32 Å². The Kier molecular flexibility index (Phi) is 6.41.